The van der Waals surface area contributed by atoms with Gasteiger partial charge in [0.05, 0.1) is 16.1 Å². The number of benzene rings is 1. The van der Waals surface area contributed by atoms with Gasteiger partial charge in [0.15, 0.2) is 0 Å². The van der Waals surface area contributed by atoms with Crippen molar-refractivity contribution in [2.75, 3.05) is 34.2 Å². The zero-order chi connectivity index (χ0) is 19.9. The van der Waals surface area contributed by atoms with Crippen molar-refractivity contribution in [2.24, 2.45) is 0 Å². The van der Waals surface area contributed by atoms with E-state index in [9.17, 15) is 8.42 Å². The van der Waals surface area contributed by atoms with Crippen LogP contribution in [0.2, 0.25) is 0 Å². The molecule has 1 aliphatic heterocycles. The van der Waals surface area contributed by atoms with E-state index in [0.717, 1.165) is 11.0 Å². The average Bonchev–Trinajstić information content (AvgIpc) is 2.72. The number of hydrogen-bond acceptors (Lipinski definition) is 5. The summed E-state index contributed by atoms with van der Waals surface area (Å²) in [5.74, 6) is 0. The first kappa shape index (κ1) is 21.4. The van der Waals surface area contributed by atoms with Crippen LogP contribution in [0.4, 0.5) is 0 Å². The molecule has 0 saturated carbocycles. The number of sulfonamides is 1. The summed E-state index contributed by atoms with van der Waals surface area (Å²) in [7, 11) is 1.30. The first-order valence-electron chi connectivity index (χ1n) is 8.85. The molecule has 0 bridgehead atoms. The Bertz CT molecular complexity index is 746. The van der Waals surface area contributed by atoms with E-state index in [2.05, 4.69) is 0 Å². The van der Waals surface area contributed by atoms with Gasteiger partial charge in [-0.25, -0.2) is 8.42 Å². The van der Waals surface area contributed by atoms with Crippen molar-refractivity contribution in [3.05, 3.63) is 23.8 Å². The van der Waals surface area contributed by atoms with Gasteiger partial charge >= 0.3 is 7.12 Å². The van der Waals surface area contributed by atoms with Crippen molar-refractivity contribution < 1.29 is 17.7 Å². The summed E-state index contributed by atoms with van der Waals surface area (Å²) in [4.78, 5) is 2.21. The molecular weight excluding hydrogens is 351 g/mol. The monoisotopic (exact) mass is 382 g/mol. The summed E-state index contributed by atoms with van der Waals surface area (Å²) in [6.07, 6.45) is 0. The van der Waals surface area contributed by atoms with Crippen molar-refractivity contribution >= 4 is 22.6 Å². The molecule has 1 aromatic rings. The Labute approximate surface area is 158 Å². The van der Waals surface area contributed by atoms with Crippen LogP contribution in [0.25, 0.3) is 0 Å². The highest BCUT2D eigenvalue weighted by atomic mass is 32.2. The Morgan fingerprint density at radius 3 is 2.04 bits per heavy atom. The maximum absolute atomic E-state index is 12.9. The summed E-state index contributed by atoms with van der Waals surface area (Å²) in [6, 6.07) is 5.14. The predicted molar refractivity (Wildman–Crippen MR) is 105 cm³/mol. The quantitative estimate of drug-likeness (QED) is 0.698. The Morgan fingerprint density at radius 1 is 1.00 bits per heavy atom. The molecule has 26 heavy (non-hydrogen) atoms. The molecule has 0 radical (unpaired) electrons. The predicted octanol–water partition coefficient (Wildman–Crippen LogP) is 1.48. The maximum atomic E-state index is 12.9. The average molecular weight is 382 g/mol. The molecule has 0 unspecified atom stereocenters. The molecule has 0 N–H and O–H groups in total. The third-order valence-electron chi connectivity index (χ3n) is 5.33. The third kappa shape index (κ3) is 4.15. The van der Waals surface area contributed by atoms with Gasteiger partial charge in [0, 0.05) is 20.1 Å². The summed E-state index contributed by atoms with van der Waals surface area (Å²) >= 11 is 0. The Kier molecular flexibility index (Phi) is 5.95. The number of hydrogen-bond donors (Lipinski definition) is 0. The van der Waals surface area contributed by atoms with Crippen LogP contribution < -0.4 is 5.46 Å². The lowest BCUT2D eigenvalue weighted by Gasteiger charge is -2.32. The van der Waals surface area contributed by atoms with E-state index in [4.69, 9.17) is 9.31 Å². The highest BCUT2D eigenvalue weighted by Crippen LogP contribution is 2.36. The van der Waals surface area contributed by atoms with E-state index in [1.807, 2.05) is 59.7 Å². The topological polar surface area (TPSA) is 59.1 Å². The Hall–Kier alpha value is -0.925. The lowest BCUT2D eigenvalue weighted by atomic mass is 9.76. The number of likely N-dealkylation sites (N-methyl/N-ethyl adjacent to an activating group) is 2. The molecular formula is C18H31BN2O4S. The first-order valence-corrected chi connectivity index (χ1v) is 10.3. The zero-order valence-corrected chi connectivity index (χ0v) is 18.0. The molecule has 0 atom stereocenters. The molecule has 146 valence electrons. The van der Waals surface area contributed by atoms with Gasteiger partial charge in [-0.2, -0.15) is 4.31 Å². The van der Waals surface area contributed by atoms with Crippen LogP contribution in [-0.4, -0.2) is 70.2 Å². The fourth-order valence-corrected chi connectivity index (χ4v) is 3.84. The molecule has 0 aromatic heterocycles. The second-order valence-electron chi connectivity index (χ2n) is 8.24. The lowest BCUT2D eigenvalue weighted by molar-refractivity contribution is 0.00578. The maximum Gasteiger partial charge on any atom is 0.495 e. The molecule has 8 heteroatoms. The van der Waals surface area contributed by atoms with Crippen molar-refractivity contribution in [2.45, 2.75) is 50.7 Å². The summed E-state index contributed by atoms with van der Waals surface area (Å²) < 4.78 is 39.4. The second-order valence-corrected chi connectivity index (χ2v) is 10.3. The van der Waals surface area contributed by atoms with Crippen molar-refractivity contribution in [1.82, 2.24) is 9.21 Å². The molecule has 1 aromatic carbocycles. The van der Waals surface area contributed by atoms with Gasteiger partial charge in [0.25, 0.3) is 0 Å². The van der Waals surface area contributed by atoms with Crippen molar-refractivity contribution in [3.8, 4) is 0 Å². The molecule has 0 spiro atoms. The van der Waals surface area contributed by atoms with Crippen LogP contribution in [0.1, 0.15) is 33.3 Å². The van der Waals surface area contributed by atoms with E-state index >= 15 is 0 Å². The largest absolute Gasteiger partial charge is 0.495 e. The molecule has 1 aliphatic rings. The van der Waals surface area contributed by atoms with Gasteiger partial charge in [-0.15, -0.1) is 0 Å². The van der Waals surface area contributed by atoms with E-state index in [1.54, 1.807) is 19.2 Å². The summed E-state index contributed by atoms with van der Waals surface area (Å²) in [6.45, 7) is 11.0. The van der Waals surface area contributed by atoms with E-state index < -0.39 is 28.3 Å². The normalized spacial score (nSPS) is 19.5. The van der Waals surface area contributed by atoms with Gasteiger partial charge in [-0.1, -0.05) is 11.6 Å². The van der Waals surface area contributed by atoms with E-state index in [-0.39, 0.29) is 4.90 Å². The number of aryl methyl sites for hydroxylation is 1. The minimum atomic E-state index is -3.57. The first-order chi connectivity index (χ1) is 11.8. The van der Waals surface area contributed by atoms with Gasteiger partial charge in [0.1, 0.15) is 0 Å². The smallest absolute Gasteiger partial charge is 0.399 e. The van der Waals surface area contributed by atoms with Crippen molar-refractivity contribution in [3.63, 3.8) is 0 Å². The van der Waals surface area contributed by atoms with Crippen LogP contribution in [0, 0.1) is 6.92 Å². The lowest BCUT2D eigenvalue weighted by Crippen LogP contribution is -2.41. The van der Waals surface area contributed by atoms with Crippen LogP contribution in [0.5, 0.6) is 0 Å². The van der Waals surface area contributed by atoms with Gasteiger partial charge < -0.3 is 14.2 Å². The minimum absolute atomic E-state index is 0.258. The summed E-state index contributed by atoms with van der Waals surface area (Å²) in [5.41, 5.74) is 0.757. The van der Waals surface area contributed by atoms with Crippen molar-refractivity contribution in [1.29, 1.82) is 0 Å². The Morgan fingerprint density at radius 2 is 1.54 bits per heavy atom. The molecule has 2 rings (SSSR count). The summed E-state index contributed by atoms with van der Waals surface area (Å²) in [5, 5.41) is 0. The third-order valence-corrected chi connectivity index (χ3v) is 7.18. The molecule has 1 saturated heterocycles. The molecule has 0 amide bonds. The molecule has 6 nitrogen and oxygen atoms in total. The van der Waals surface area contributed by atoms with Crippen LogP contribution in [0.3, 0.4) is 0 Å². The van der Waals surface area contributed by atoms with E-state index in [0.29, 0.717) is 13.1 Å². The highest BCUT2D eigenvalue weighted by molar-refractivity contribution is 7.89. The fraction of sp³-hybridized carbons (Fsp3) is 0.667. The zero-order valence-electron chi connectivity index (χ0n) is 17.2. The van der Waals surface area contributed by atoms with Gasteiger partial charge in [-0.05, 0) is 66.3 Å². The van der Waals surface area contributed by atoms with Gasteiger partial charge in [-0.3, -0.25) is 0 Å². The van der Waals surface area contributed by atoms with Crippen LogP contribution >= 0.6 is 0 Å². The Balaban J connectivity index is 2.33. The SMILES string of the molecule is Cc1ccc(S(=O)(=O)N(C)CCN(C)C)cc1B1OC(C)(C)C(C)(C)O1. The van der Waals surface area contributed by atoms with E-state index in [1.165, 1.54) is 4.31 Å². The molecule has 1 heterocycles. The van der Waals surface area contributed by atoms with Crippen LogP contribution in [0.15, 0.2) is 23.1 Å². The second kappa shape index (κ2) is 7.24. The number of nitrogens with zero attached hydrogens (tertiary/aromatic N) is 2. The minimum Gasteiger partial charge on any atom is -0.399 e. The van der Waals surface area contributed by atoms with Crippen LogP contribution in [-0.2, 0) is 19.3 Å². The van der Waals surface area contributed by atoms with Gasteiger partial charge in [0.2, 0.25) is 10.0 Å². The number of rotatable bonds is 6. The molecule has 1 fully saturated rings. The standard InChI is InChI=1S/C18H31BN2O4S/c1-14-9-10-15(26(22,23)21(8)12-11-20(6)7)13-16(14)19-24-17(2,3)18(4,5)25-19/h9-10,13H,11-12H2,1-8H3. The molecule has 0 aliphatic carbocycles. The fourth-order valence-electron chi connectivity index (χ4n) is 2.64. The highest BCUT2D eigenvalue weighted by Gasteiger charge is 2.52.